The van der Waals surface area contributed by atoms with Gasteiger partial charge in [0.05, 0.1) is 12.2 Å². The molecule has 2 N–H and O–H groups in total. The summed E-state index contributed by atoms with van der Waals surface area (Å²) >= 11 is 0. The Morgan fingerprint density at radius 3 is 2.71 bits per heavy atom. The molecule has 1 heterocycles. The Bertz CT molecular complexity index is 552. The maximum atomic E-state index is 10.8. The molecule has 0 atom stereocenters. The van der Waals surface area contributed by atoms with E-state index in [1.165, 1.54) is 6.20 Å². The lowest BCUT2D eigenvalue weighted by atomic mass is 10.0. The van der Waals surface area contributed by atoms with E-state index in [0.717, 1.165) is 11.1 Å². The molecule has 0 unspecified atom stereocenters. The van der Waals surface area contributed by atoms with Crippen molar-refractivity contribution in [2.45, 2.75) is 6.61 Å². The SMILES string of the molecule is O=C(O)c1cncc(-c2ccccc2CO)c1. The molecule has 86 valence electrons. The van der Waals surface area contributed by atoms with Crippen molar-refractivity contribution in [3.63, 3.8) is 0 Å². The van der Waals surface area contributed by atoms with E-state index >= 15 is 0 Å². The molecule has 0 saturated carbocycles. The summed E-state index contributed by atoms with van der Waals surface area (Å²) < 4.78 is 0. The zero-order chi connectivity index (χ0) is 12.3. The normalized spacial score (nSPS) is 10.2. The van der Waals surface area contributed by atoms with Crippen molar-refractivity contribution in [3.05, 3.63) is 53.9 Å². The number of aromatic carboxylic acids is 1. The predicted molar refractivity (Wildman–Crippen MR) is 62.6 cm³/mol. The van der Waals surface area contributed by atoms with E-state index < -0.39 is 5.97 Å². The van der Waals surface area contributed by atoms with Crippen LogP contribution >= 0.6 is 0 Å². The summed E-state index contributed by atoms with van der Waals surface area (Å²) in [7, 11) is 0. The van der Waals surface area contributed by atoms with Crippen LogP contribution in [0.15, 0.2) is 42.7 Å². The fraction of sp³-hybridized carbons (Fsp3) is 0.0769. The highest BCUT2D eigenvalue weighted by atomic mass is 16.4. The number of hydrogen-bond acceptors (Lipinski definition) is 3. The molecule has 17 heavy (non-hydrogen) atoms. The first-order valence-electron chi connectivity index (χ1n) is 5.10. The fourth-order valence-corrected chi connectivity index (χ4v) is 1.64. The van der Waals surface area contributed by atoms with Gasteiger partial charge in [-0.1, -0.05) is 24.3 Å². The Labute approximate surface area is 98.2 Å². The fourth-order valence-electron chi connectivity index (χ4n) is 1.64. The highest BCUT2D eigenvalue weighted by Crippen LogP contribution is 2.23. The third-order valence-corrected chi connectivity index (χ3v) is 2.48. The number of aliphatic hydroxyl groups excluding tert-OH is 1. The Morgan fingerprint density at radius 1 is 1.24 bits per heavy atom. The average Bonchev–Trinajstić information content (AvgIpc) is 2.39. The molecule has 4 nitrogen and oxygen atoms in total. The summed E-state index contributed by atoms with van der Waals surface area (Å²) in [4.78, 5) is 14.7. The molecular formula is C13H11NO3. The average molecular weight is 229 g/mol. The smallest absolute Gasteiger partial charge is 0.337 e. The van der Waals surface area contributed by atoms with Gasteiger partial charge in [-0.25, -0.2) is 4.79 Å². The van der Waals surface area contributed by atoms with Crippen molar-refractivity contribution in [2.24, 2.45) is 0 Å². The van der Waals surface area contributed by atoms with Gasteiger partial charge in [0, 0.05) is 18.0 Å². The largest absolute Gasteiger partial charge is 0.478 e. The molecule has 0 fully saturated rings. The zero-order valence-corrected chi connectivity index (χ0v) is 9.00. The third-order valence-electron chi connectivity index (χ3n) is 2.48. The molecule has 0 saturated heterocycles. The topological polar surface area (TPSA) is 70.4 Å². The number of carboxylic acids is 1. The summed E-state index contributed by atoms with van der Waals surface area (Å²) in [6.45, 7) is -0.0898. The number of hydrogen-bond donors (Lipinski definition) is 2. The minimum atomic E-state index is -1.01. The minimum absolute atomic E-state index is 0.0898. The number of benzene rings is 1. The molecule has 0 aliphatic heterocycles. The standard InChI is InChI=1S/C13H11NO3/c15-8-9-3-1-2-4-12(9)10-5-11(13(16)17)7-14-6-10/h1-7,15H,8H2,(H,16,17). The minimum Gasteiger partial charge on any atom is -0.478 e. The summed E-state index contributed by atoms with van der Waals surface area (Å²) in [6, 6.07) is 8.83. The van der Waals surface area contributed by atoms with Gasteiger partial charge in [0.1, 0.15) is 0 Å². The van der Waals surface area contributed by atoms with Crippen molar-refractivity contribution in [1.29, 1.82) is 0 Å². The van der Waals surface area contributed by atoms with Crippen LogP contribution in [0, 0.1) is 0 Å². The van der Waals surface area contributed by atoms with E-state index in [0.29, 0.717) is 5.56 Å². The van der Waals surface area contributed by atoms with Crippen LogP contribution in [0.3, 0.4) is 0 Å². The first kappa shape index (κ1) is 11.3. The van der Waals surface area contributed by atoms with Crippen molar-refractivity contribution < 1.29 is 15.0 Å². The second-order valence-electron chi connectivity index (χ2n) is 3.58. The van der Waals surface area contributed by atoms with Crippen LogP contribution in [0.25, 0.3) is 11.1 Å². The van der Waals surface area contributed by atoms with Gasteiger partial charge < -0.3 is 10.2 Å². The molecule has 0 spiro atoms. The zero-order valence-electron chi connectivity index (χ0n) is 9.00. The number of rotatable bonds is 3. The molecule has 0 aliphatic carbocycles. The highest BCUT2D eigenvalue weighted by Gasteiger charge is 2.08. The summed E-state index contributed by atoms with van der Waals surface area (Å²) in [5, 5.41) is 18.1. The van der Waals surface area contributed by atoms with E-state index in [-0.39, 0.29) is 12.2 Å². The molecule has 4 heteroatoms. The van der Waals surface area contributed by atoms with Crippen LogP contribution < -0.4 is 0 Å². The molecule has 2 aromatic rings. The Kier molecular flexibility index (Phi) is 3.16. The van der Waals surface area contributed by atoms with Crippen LogP contribution in [0.4, 0.5) is 0 Å². The molecule has 1 aromatic heterocycles. The number of aromatic nitrogens is 1. The van der Waals surface area contributed by atoms with Gasteiger partial charge in [-0.05, 0) is 17.2 Å². The predicted octanol–water partition coefficient (Wildman–Crippen LogP) is 1.94. The van der Waals surface area contributed by atoms with Crippen LogP contribution in [0.1, 0.15) is 15.9 Å². The second-order valence-corrected chi connectivity index (χ2v) is 3.58. The van der Waals surface area contributed by atoms with Crippen LogP contribution in [-0.2, 0) is 6.61 Å². The van der Waals surface area contributed by atoms with Crippen molar-refractivity contribution in [1.82, 2.24) is 4.98 Å². The lowest BCUT2D eigenvalue weighted by molar-refractivity contribution is 0.0696. The lowest BCUT2D eigenvalue weighted by Crippen LogP contribution is -1.98. The molecular weight excluding hydrogens is 218 g/mol. The number of carboxylic acid groups (broad SMARTS) is 1. The van der Waals surface area contributed by atoms with Crippen LogP contribution in [0.2, 0.25) is 0 Å². The quantitative estimate of drug-likeness (QED) is 0.843. The Balaban J connectivity index is 2.52. The Hall–Kier alpha value is -2.20. The second kappa shape index (κ2) is 4.76. The lowest BCUT2D eigenvalue weighted by Gasteiger charge is -2.07. The van der Waals surface area contributed by atoms with Gasteiger partial charge in [0.2, 0.25) is 0 Å². The van der Waals surface area contributed by atoms with Gasteiger partial charge in [-0.3, -0.25) is 4.98 Å². The van der Waals surface area contributed by atoms with Gasteiger partial charge >= 0.3 is 5.97 Å². The number of carbonyl (C=O) groups is 1. The van der Waals surface area contributed by atoms with Crippen LogP contribution in [-0.4, -0.2) is 21.2 Å². The van der Waals surface area contributed by atoms with Crippen molar-refractivity contribution in [2.75, 3.05) is 0 Å². The summed E-state index contributed by atoms with van der Waals surface area (Å²) in [6.07, 6.45) is 2.88. The highest BCUT2D eigenvalue weighted by molar-refractivity contribution is 5.89. The van der Waals surface area contributed by atoms with Gasteiger partial charge in [-0.15, -0.1) is 0 Å². The number of nitrogens with zero attached hydrogens (tertiary/aromatic N) is 1. The van der Waals surface area contributed by atoms with Crippen LogP contribution in [0.5, 0.6) is 0 Å². The Morgan fingerprint density at radius 2 is 2.00 bits per heavy atom. The first-order chi connectivity index (χ1) is 8.22. The van der Waals surface area contributed by atoms with Crippen molar-refractivity contribution in [3.8, 4) is 11.1 Å². The molecule has 0 bridgehead atoms. The number of aliphatic hydroxyl groups is 1. The van der Waals surface area contributed by atoms with Crippen molar-refractivity contribution >= 4 is 5.97 Å². The molecule has 0 amide bonds. The van der Waals surface area contributed by atoms with Gasteiger partial charge in [0.15, 0.2) is 0 Å². The van der Waals surface area contributed by atoms with E-state index in [9.17, 15) is 9.90 Å². The van der Waals surface area contributed by atoms with Gasteiger partial charge in [0.25, 0.3) is 0 Å². The molecule has 0 aliphatic rings. The van der Waals surface area contributed by atoms with E-state index in [2.05, 4.69) is 4.98 Å². The first-order valence-corrected chi connectivity index (χ1v) is 5.10. The maximum Gasteiger partial charge on any atom is 0.337 e. The molecule has 2 rings (SSSR count). The third kappa shape index (κ3) is 2.32. The summed E-state index contributed by atoms with van der Waals surface area (Å²) in [5.41, 5.74) is 2.37. The van der Waals surface area contributed by atoms with E-state index in [1.807, 2.05) is 18.2 Å². The van der Waals surface area contributed by atoms with Gasteiger partial charge in [-0.2, -0.15) is 0 Å². The molecule has 0 radical (unpaired) electrons. The number of pyridine rings is 1. The van der Waals surface area contributed by atoms with E-state index in [4.69, 9.17) is 5.11 Å². The summed E-state index contributed by atoms with van der Waals surface area (Å²) in [5.74, 6) is -1.01. The molecule has 1 aromatic carbocycles. The maximum absolute atomic E-state index is 10.8. The monoisotopic (exact) mass is 229 g/mol. The van der Waals surface area contributed by atoms with E-state index in [1.54, 1.807) is 18.3 Å².